The van der Waals surface area contributed by atoms with Crippen molar-refractivity contribution >= 4 is 17.1 Å². The molecule has 27 heavy (non-hydrogen) atoms. The maximum Gasteiger partial charge on any atom is 0.416 e. The fourth-order valence-electron chi connectivity index (χ4n) is 2.62. The highest BCUT2D eigenvalue weighted by Gasteiger charge is 2.31. The Hall–Kier alpha value is -2.96. The molecule has 0 aliphatic heterocycles. The predicted molar refractivity (Wildman–Crippen MR) is 91.1 cm³/mol. The van der Waals surface area contributed by atoms with Crippen molar-refractivity contribution in [3.05, 3.63) is 90.0 Å². The van der Waals surface area contributed by atoms with Gasteiger partial charge in [-0.3, -0.25) is 0 Å². The van der Waals surface area contributed by atoms with E-state index in [2.05, 4.69) is 0 Å². The Morgan fingerprint density at radius 3 is 1.11 bits per heavy atom. The average molecular weight is 381 g/mol. The zero-order valence-electron chi connectivity index (χ0n) is 13.7. The van der Waals surface area contributed by atoms with Crippen LogP contribution in [-0.2, 0) is 12.4 Å². The van der Waals surface area contributed by atoms with Crippen molar-refractivity contribution in [2.24, 2.45) is 0 Å². The van der Waals surface area contributed by atoms with Crippen molar-refractivity contribution in [1.82, 2.24) is 0 Å². The molecule has 0 radical (unpaired) electrons. The lowest BCUT2D eigenvalue weighted by molar-refractivity contribution is -0.138. The third-order valence-electron chi connectivity index (χ3n) is 3.92. The summed E-state index contributed by atoms with van der Waals surface area (Å²) >= 11 is 0. The van der Waals surface area contributed by atoms with Gasteiger partial charge in [-0.05, 0) is 60.7 Å². The highest BCUT2D eigenvalue weighted by atomic mass is 19.4. The van der Waals surface area contributed by atoms with E-state index in [4.69, 9.17) is 0 Å². The molecule has 3 rings (SSSR count). The summed E-state index contributed by atoms with van der Waals surface area (Å²) in [4.78, 5) is 1.58. The minimum Gasteiger partial charge on any atom is -0.311 e. The van der Waals surface area contributed by atoms with E-state index in [-0.39, 0.29) is 0 Å². The van der Waals surface area contributed by atoms with Crippen molar-refractivity contribution in [2.75, 3.05) is 4.90 Å². The highest BCUT2D eigenvalue weighted by Crippen LogP contribution is 2.38. The molecule has 0 aromatic heterocycles. The molecule has 0 spiro atoms. The summed E-state index contributed by atoms with van der Waals surface area (Å²) in [6.45, 7) is 0. The normalized spacial score (nSPS) is 12.1. The average Bonchev–Trinajstić information content (AvgIpc) is 2.62. The van der Waals surface area contributed by atoms with Crippen LogP contribution in [0.2, 0.25) is 0 Å². The van der Waals surface area contributed by atoms with Gasteiger partial charge < -0.3 is 4.90 Å². The molecule has 3 aromatic rings. The van der Waals surface area contributed by atoms with Gasteiger partial charge in [0.25, 0.3) is 0 Å². The Kier molecular flexibility index (Phi) is 4.87. The van der Waals surface area contributed by atoms with Crippen LogP contribution in [0.3, 0.4) is 0 Å². The molecule has 0 N–H and O–H groups in total. The Morgan fingerprint density at radius 1 is 0.444 bits per heavy atom. The van der Waals surface area contributed by atoms with Gasteiger partial charge in [0.15, 0.2) is 0 Å². The zero-order chi connectivity index (χ0) is 19.7. The number of nitrogens with zero attached hydrogens (tertiary/aromatic N) is 1. The maximum absolute atomic E-state index is 12.8. The molecule has 0 atom stereocenters. The highest BCUT2D eigenvalue weighted by molar-refractivity contribution is 5.76. The van der Waals surface area contributed by atoms with E-state index >= 15 is 0 Å². The first-order chi connectivity index (χ1) is 12.7. The molecule has 0 saturated carbocycles. The molecule has 0 saturated heterocycles. The predicted octanol–water partition coefficient (Wildman–Crippen LogP) is 7.19. The summed E-state index contributed by atoms with van der Waals surface area (Å²) in [6.07, 6.45) is -8.94. The number of hydrogen-bond donors (Lipinski definition) is 0. The van der Waals surface area contributed by atoms with E-state index in [1.165, 1.54) is 24.3 Å². The summed E-state index contributed by atoms with van der Waals surface area (Å²) in [7, 11) is 0. The number of hydrogen-bond acceptors (Lipinski definition) is 1. The van der Waals surface area contributed by atoms with Gasteiger partial charge in [0, 0.05) is 17.1 Å². The van der Waals surface area contributed by atoms with Crippen molar-refractivity contribution in [3.63, 3.8) is 0 Å². The number of halogens is 6. The fraction of sp³-hybridized carbons (Fsp3) is 0.100. The Morgan fingerprint density at radius 2 is 0.778 bits per heavy atom. The van der Waals surface area contributed by atoms with Crippen LogP contribution in [-0.4, -0.2) is 0 Å². The van der Waals surface area contributed by atoms with Crippen LogP contribution in [0, 0.1) is 0 Å². The molecule has 0 bridgehead atoms. The van der Waals surface area contributed by atoms with Gasteiger partial charge >= 0.3 is 12.4 Å². The summed E-state index contributed by atoms with van der Waals surface area (Å²) < 4.78 is 76.8. The smallest absolute Gasteiger partial charge is 0.311 e. The van der Waals surface area contributed by atoms with E-state index < -0.39 is 23.5 Å². The number of rotatable bonds is 3. The molecule has 0 aliphatic rings. The van der Waals surface area contributed by atoms with Crippen LogP contribution >= 0.6 is 0 Å². The number of benzene rings is 3. The van der Waals surface area contributed by atoms with Crippen LogP contribution in [0.5, 0.6) is 0 Å². The van der Waals surface area contributed by atoms with Gasteiger partial charge in [-0.1, -0.05) is 18.2 Å². The molecule has 140 valence electrons. The first-order valence-electron chi connectivity index (χ1n) is 7.86. The Bertz CT molecular complexity index is 824. The molecule has 0 fully saturated rings. The molecule has 3 aromatic carbocycles. The standard InChI is InChI=1S/C20H13F6N/c21-19(22,23)14-6-10-17(11-7-14)27(16-4-2-1-3-5-16)18-12-8-15(9-13-18)20(24,25)26/h1-13H. The lowest BCUT2D eigenvalue weighted by atomic mass is 10.1. The molecular formula is C20H13F6N. The fourth-order valence-corrected chi connectivity index (χ4v) is 2.62. The second-order valence-corrected chi connectivity index (χ2v) is 5.76. The lowest BCUT2D eigenvalue weighted by Gasteiger charge is -2.26. The first-order valence-corrected chi connectivity index (χ1v) is 7.86. The van der Waals surface area contributed by atoms with Gasteiger partial charge in [0.2, 0.25) is 0 Å². The topological polar surface area (TPSA) is 3.24 Å². The number of para-hydroxylation sites is 1. The van der Waals surface area contributed by atoms with Gasteiger partial charge in [-0.15, -0.1) is 0 Å². The van der Waals surface area contributed by atoms with Gasteiger partial charge in [0.05, 0.1) is 11.1 Å². The van der Waals surface area contributed by atoms with E-state index in [0.717, 1.165) is 24.3 Å². The Labute approximate surface area is 151 Å². The van der Waals surface area contributed by atoms with E-state index in [1.807, 2.05) is 0 Å². The second-order valence-electron chi connectivity index (χ2n) is 5.76. The van der Waals surface area contributed by atoms with Crippen LogP contribution in [0.25, 0.3) is 0 Å². The molecule has 0 heterocycles. The van der Waals surface area contributed by atoms with Crippen molar-refractivity contribution < 1.29 is 26.3 Å². The van der Waals surface area contributed by atoms with Gasteiger partial charge in [0.1, 0.15) is 0 Å². The SMILES string of the molecule is FC(F)(F)c1ccc(N(c2ccccc2)c2ccc(C(F)(F)F)cc2)cc1. The number of anilines is 3. The quantitative estimate of drug-likeness (QED) is 0.434. The van der Waals surface area contributed by atoms with Gasteiger partial charge in [-0.25, -0.2) is 0 Å². The summed E-state index contributed by atoms with van der Waals surface area (Å²) in [5, 5.41) is 0. The lowest BCUT2D eigenvalue weighted by Crippen LogP contribution is -2.12. The molecule has 1 nitrogen and oxygen atoms in total. The molecule has 0 unspecified atom stereocenters. The van der Waals surface area contributed by atoms with Crippen molar-refractivity contribution in [2.45, 2.75) is 12.4 Å². The maximum atomic E-state index is 12.8. The minimum absolute atomic E-state index is 0.397. The molecule has 0 aliphatic carbocycles. The molecule has 0 amide bonds. The van der Waals surface area contributed by atoms with Crippen LogP contribution in [0.4, 0.5) is 43.4 Å². The van der Waals surface area contributed by atoms with Crippen molar-refractivity contribution in [3.8, 4) is 0 Å². The summed E-state index contributed by atoms with van der Waals surface area (Å²) in [5.74, 6) is 0. The first kappa shape index (κ1) is 18.8. The van der Waals surface area contributed by atoms with E-state index in [1.54, 1.807) is 35.2 Å². The van der Waals surface area contributed by atoms with Gasteiger partial charge in [-0.2, -0.15) is 26.3 Å². The third-order valence-corrected chi connectivity index (χ3v) is 3.92. The second kappa shape index (κ2) is 6.98. The van der Waals surface area contributed by atoms with E-state index in [9.17, 15) is 26.3 Å². The van der Waals surface area contributed by atoms with Crippen molar-refractivity contribution in [1.29, 1.82) is 0 Å². The van der Waals surface area contributed by atoms with E-state index in [0.29, 0.717) is 17.1 Å². The minimum atomic E-state index is -4.47. The van der Waals surface area contributed by atoms with Crippen LogP contribution < -0.4 is 4.90 Å². The Balaban J connectivity index is 2.05. The number of alkyl halides is 6. The molecule has 7 heteroatoms. The largest absolute Gasteiger partial charge is 0.416 e. The zero-order valence-corrected chi connectivity index (χ0v) is 13.7. The molecular weight excluding hydrogens is 368 g/mol. The van der Waals surface area contributed by atoms with Crippen LogP contribution in [0.1, 0.15) is 11.1 Å². The summed E-state index contributed by atoms with van der Waals surface area (Å²) in [5.41, 5.74) is -0.196. The summed E-state index contributed by atoms with van der Waals surface area (Å²) in [6, 6.07) is 17.6. The van der Waals surface area contributed by atoms with Crippen LogP contribution in [0.15, 0.2) is 78.9 Å². The third kappa shape index (κ3) is 4.24. The monoisotopic (exact) mass is 381 g/mol.